The number of amides is 1. The summed E-state index contributed by atoms with van der Waals surface area (Å²) in [5.74, 6) is 1.20. The number of aryl methyl sites for hydroxylation is 1. The predicted octanol–water partition coefficient (Wildman–Crippen LogP) is 3.05. The van der Waals surface area contributed by atoms with Gasteiger partial charge in [-0.2, -0.15) is 0 Å². The number of ether oxygens (including phenoxy) is 1. The number of piperazine rings is 1. The van der Waals surface area contributed by atoms with Crippen molar-refractivity contribution in [2.24, 2.45) is 0 Å². The highest BCUT2D eigenvalue weighted by molar-refractivity contribution is 5.73. The van der Waals surface area contributed by atoms with Crippen molar-refractivity contribution in [2.75, 3.05) is 39.3 Å². The van der Waals surface area contributed by atoms with Crippen LogP contribution in [0.15, 0.2) is 42.5 Å². The number of hydrogen-bond acceptors (Lipinski definition) is 4. The van der Waals surface area contributed by atoms with Gasteiger partial charge in [-0.15, -0.1) is 0 Å². The van der Waals surface area contributed by atoms with Gasteiger partial charge in [-0.25, -0.2) is 0 Å². The maximum Gasteiger partial charge on any atom is 0.219 e. The summed E-state index contributed by atoms with van der Waals surface area (Å²) in [6.07, 6.45) is 0. The molecule has 5 heteroatoms. The van der Waals surface area contributed by atoms with Crippen molar-refractivity contribution in [1.29, 1.82) is 0 Å². The van der Waals surface area contributed by atoms with Crippen molar-refractivity contribution in [2.45, 2.75) is 33.5 Å². The molecule has 0 saturated carbocycles. The maximum absolute atomic E-state index is 11.5. The topological polar surface area (TPSA) is 36.0 Å². The van der Waals surface area contributed by atoms with E-state index < -0.39 is 0 Å². The van der Waals surface area contributed by atoms with Crippen LogP contribution in [0.1, 0.15) is 29.2 Å². The zero-order chi connectivity index (χ0) is 20.2. The summed E-state index contributed by atoms with van der Waals surface area (Å²) in [6, 6.07) is 15.3. The maximum atomic E-state index is 11.5. The lowest BCUT2D eigenvalue weighted by Crippen LogP contribution is -2.47. The molecule has 2 heterocycles. The third-order valence-electron chi connectivity index (χ3n) is 6.06. The van der Waals surface area contributed by atoms with Crippen LogP contribution in [0.5, 0.6) is 5.75 Å². The molecule has 2 aliphatic rings. The molecule has 4 rings (SSSR count). The fourth-order valence-electron chi connectivity index (χ4n) is 4.24. The van der Waals surface area contributed by atoms with Gasteiger partial charge in [-0.1, -0.05) is 30.3 Å². The van der Waals surface area contributed by atoms with Gasteiger partial charge in [0.05, 0.1) is 0 Å². The summed E-state index contributed by atoms with van der Waals surface area (Å²) in [5.41, 5.74) is 5.32. The van der Waals surface area contributed by atoms with Crippen LogP contribution in [-0.2, 0) is 24.4 Å². The third kappa shape index (κ3) is 4.98. The van der Waals surface area contributed by atoms with Gasteiger partial charge in [0.25, 0.3) is 0 Å². The van der Waals surface area contributed by atoms with Crippen LogP contribution in [0.2, 0.25) is 0 Å². The largest absolute Gasteiger partial charge is 0.492 e. The van der Waals surface area contributed by atoms with E-state index in [0.29, 0.717) is 0 Å². The van der Waals surface area contributed by atoms with Crippen molar-refractivity contribution in [3.05, 3.63) is 64.7 Å². The first kappa shape index (κ1) is 19.9. The van der Waals surface area contributed by atoms with Crippen LogP contribution in [0.3, 0.4) is 0 Å². The Labute approximate surface area is 173 Å². The zero-order valence-corrected chi connectivity index (χ0v) is 17.6. The first-order valence-electron chi connectivity index (χ1n) is 10.6. The molecule has 2 aromatic carbocycles. The van der Waals surface area contributed by atoms with E-state index in [-0.39, 0.29) is 5.91 Å². The van der Waals surface area contributed by atoms with E-state index in [1.54, 1.807) is 6.92 Å². The Morgan fingerprint density at radius 3 is 2.52 bits per heavy atom. The molecule has 0 unspecified atom stereocenters. The molecule has 1 amide bonds. The van der Waals surface area contributed by atoms with Gasteiger partial charge < -0.3 is 9.64 Å². The van der Waals surface area contributed by atoms with E-state index >= 15 is 0 Å². The molecule has 0 bridgehead atoms. The summed E-state index contributed by atoms with van der Waals surface area (Å²) in [5, 5.41) is 0. The van der Waals surface area contributed by atoms with Crippen LogP contribution < -0.4 is 4.74 Å². The van der Waals surface area contributed by atoms with Crippen molar-refractivity contribution in [3.63, 3.8) is 0 Å². The molecule has 2 aliphatic heterocycles. The quantitative estimate of drug-likeness (QED) is 0.800. The smallest absolute Gasteiger partial charge is 0.219 e. The van der Waals surface area contributed by atoms with Crippen LogP contribution in [0.25, 0.3) is 0 Å². The minimum atomic E-state index is 0.181. The van der Waals surface area contributed by atoms with E-state index in [4.69, 9.17) is 4.74 Å². The SMILES string of the molecule is CC(=O)N1CCN(Cc2ccc3c(c2)CN(Cc2ccccc2C)CCO3)CC1. The summed E-state index contributed by atoms with van der Waals surface area (Å²) in [6.45, 7) is 11.8. The molecule has 0 aromatic heterocycles. The van der Waals surface area contributed by atoms with E-state index in [0.717, 1.165) is 64.7 Å². The lowest BCUT2D eigenvalue weighted by molar-refractivity contribution is -0.130. The highest BCUT2D eigenvalue weighted by Crippen LogP contribution is 2.26. The average molecular weight is 394 g/mol. The lowest BCUT2D eigenvalue weighted by Gasteiger charge is -2.34. The Morgan fingerprint density at radius 1 is 0.966 bits per heavy atom. The van der Waals surface area contributed by atoms with Gasteiger partial charge in [-0.05, 0) is 35.7 Å². The molecule has 5 nitrogen and oxygen atoms in total. The standard InChI is InChI=1S/C24H31N3O2/c1-19-5-3-4-6-22(19)17-26-13-14-29-24-8-7-21(15-23(24)18-26)16-25-9-11-27(12-10-25)20(2)28/h3-8,15H,9-14,16-18H2,1-2H3. The first-order chi connectivity index (χ1) is 14.1. The number of benzene rings is 2. The molecule has 29 heavy (non-hydrogen) atoms. The van der Waals surface area contributed by atoms with Crippen molar-refractivity contribution in [1.82, 2.24) is 14.7 Å². The fraction of sp³-hybridized carbons (Fsp3) is 0.458. The molecule has 1 saturated heterocycles. The number of fused-ring (bicyclic) bond motifs is 1. The number of carbonyl (C=O) groups excluding carboxylic acids is 1. The minimum Gasteiger partial charge on any atom is -0.492 e. The molecule has 0 aliphatic carbocycles. The molecule has 0 spiro atoms. The summed E-state index contributed by atoms with van der Waals surface area (Å²) < 4.78 is 6.03. The Bertz CT molecular complexity index is 859. The van der Waals surface area contributed by atoms with Crippen molar-refractivity contribution in [3.8, 4) is 5.75 Å². The number of carbonyl (C=O) groups is 1. The molecular formula is C24H31N3O2. The van der Waals surface area contributed by atoms with E-state index in [9.17, 15) is 4.79 Å². The Balaban J connectivity index is 1.42. The molecule has 0 atom stereocenters. The van der Waals surface area contributed by atoms with Gasteiger partial charge in [0, 0.05) is 64.8 Å². The predicted molar refractivity (Wildman–Crippen MR) is 115 cm³/mol. The van der Waals surface area contributed by atoms with Gasteiger partial charge in [-0.3, -0.25) is 14.6 Å². The lowest BCUT2D eigenvalue weighted by atomic mass is 10.1. The zero-order valence-electron chi connectivity index (χ0n) is 17.6. The van der Waals surface area contributed by atoms with E-state index in [1.165, 1.54) is 22.3 Å². The second-order valence-electron chi connectivity index (χ2n) is 8.21. The molecule has 0 radical (unpaired) electrons. The molecule has 0 N–H and O–H groups in total. The normalized spacial score (nSPS) is 18.1. The van der Waals surface area contributed by atoms with E-state index in [2.05, 4.69) is 59.2 Å². The summed E-state index contributed by atoms with van der Waals surface area (Å²) in [4.78, 5) is 18.4. The average Bonchev–Trinajstić information content (AvgIpc) is 2.91. The highest BCUT2D eigenvalue weighted by Gasteiger charge is 2.20. The fourth-order valence-corrected chi connectivity index (χ4v) is 4.24. The van der Waals surface area contributed by atoms with Gasteiger partial charge in [0.1, 0.15) is 12.4 Å². The summed E-state index contributed by atoms with van der Waals surface area (Å²) in [7, 11) is 0. The number of nitrogens with zero attached hydrogens (tertiary/aromatic N) is 3. The van der Waals surface area contributed by atoms with Crippen LogP contribution >= 0.6 is 0 Å². The van der Waals surface area contributed by atoms with Crippen LogP contribution in [-0.4, -0.2) is 59.9 Å². The summed E-state index contributed by atoms with van der Waals surface area (Å²) >= 11 is 0. The van der Waals surface area contributed by atoms with Crippen molar-refractivity contribution < 1.29 is 9.53 Å². The van der Waals surface area contributed by atoms with Crippen molar-refractivity contribution >= 4 is 5.91 Å². The second kappa shape index (κ2) is 8.97. The molecule has 1 fully saturated rings. The number of hydrogen-bond donors (Lipinski definition) is 0. The van der Waals surface area contributed by atoms with Gasteiger partial charge in [0.15, 0.2) is 0 Å². The van der Waals surface area contributed by atoms with Gasteiger partial charge in [0.2, 0.25) is 5.91 Å². The highest BCUT2D eigenvalue weighted by atomic mass is 16.5. The van der Waals surface area contributed by atoms with E-state index in [1.807, 2.05) is 4.90 Å². The third-order valence-corrected chi connectivity index (χ3v) is 6.06. The Kier molecular flexibility index (Phi) is 6.16. The van der Waals surface area contributed by atoms with Gasteiger partial charge >= 0.3 is 0 Å². The monoisotopic (exact) mass is 393 g/mol. The number of rotatable bonds is 4. The Hall–Kier alpha value is -2.37. The molecule has 154 valence electrons. The molecule has 2 aromatic rings. The Morgan fingerprint density at radius 2 is 1.76 bits per heavy atom. The first-order valence-corrected chi connectivity index (χ1v) is 10.6. The van der Waals surface area contributed by atoms with Crippen LogP contribution in [0, 0.1) is 6.92 Å². The molecular weight excluding hydrogens is 362 g/mol. The van der Waals surface area contributed by atoms with Crippen LogP contribution in [0.4, 0.5) is 0 Å². The minimum absolute atomic E-state index is 0.181. The second-order valence-corrected chi connectivity index (χ2v) is 8.21.